The van der Waals surface area contributed by atoms with E-state index in [4.69, 9.17) is 4.74 Å². The fourth-order valence-corrected chi connectivity index (χ4v) is 2.54. The molecule has 2 heteroatoms. The summed E-state index contributed by atoms with van der Waals surface area (Å²) in [7, 11) is 0. The molecule has 1 N–H and O–H groups in total. The van der Waals surface area contributed by atoms with E-state index in [1.165, 1.54) is 18.4 Å². The lowest BCUT2D eigenvalue weighted by Gasteiger charge is -2.38. The van der Waals surface area contributed by atoms with Crippen LogP contribution in [0, 0.1) is 5.41 Å². The molecule has 2 nitrogen and oxygen atoms in total. The normalized spacial score (nSPS) is 22.2. The second-order valence-corrected chi connectivity index (χ2v) is 5.88. The summed E-state index contributed by atoms with van der Waals surface area (Å²) in [5, 5.41) is 3.59. The molecule has 1 aliphatic carbocycles. The van der Waals surface area contributed by atoms with Crippen LogP contribution in [0.1, 0.15) is 36.8 Å². The highest BCUT2D eigenvalue weighted by molar-refractivity contribution is 5.33. The molecule has 3 rings (SSSR count). The predicted octanol–water partition coefficient (Wildman–Crippen LogP) is 2.69. The third-order valence-corrected chi connectivity index (χ3v) is 3.84. The lowest BCUT2D eigenvalue weighted by atomic mass is 9.88. The van der Waals surface area contributed by atoms with Crippen LogP contribution in [0.15, 0.2) is 24.3 Å². The molecule has 1 aliphatic heterocycles. The first-order chi connectivity index (χ1) is 8.27. The number of nitrogens with one attached hydrogen (secondary N) is 1. The second-order valence-electron chi connectivity index (χ2n) is 5.88. The number of rotatable bonds is 5. The van der Waals surface area contributed by atoms with Crippen LogP contribution in [0.2, 0.25) is 0 Å². The third kappa shape index (κ3) is 2.53. The monoisotopic (exact) mass is 231 g/mol. The fraction of sp³-hybridized carbons (Fsp3) is 0.600. The first-order valence-electron chi connectivity index (χ1n) is 6.63. The predicted molar refractivity (Wildman–Crippen MR) is 69.0 cm³/mol. The Morgan fingerprint density at radius 3 is 2.71 bits per heavy atom. The molecule has 0 atom stereocenters. The molecule has 0 radical (unpaired) electrons. The Morgan fingerprint density at radius 2 is 2.06 bits per heavy atom. The van der Waals surface area contributed by atoms with E-state index in [-0.39, 0.29) is 0 Å². The lowest BCUT2D eigenvalue weighted by molar-refractivity contribution is -0.0991. The summed E-state index contributed by atoms with van der Waals surface area (Å²) >= 11 is 0. The van der Waals surface area contributed by atoms with Crippen LogP contribution in [0.25, 0.3) is 0 Å². The van der Waals surface area contributed by atoms with Crippen molar-refractivity contribution in [3.8, 4) is 0 Å². The van der Waals surface area contributed by atoms with E-state index in [0.29, 0.717) is 5.41 Å². The van der Waals surface area contributed by atoms with Crippen LogP contribution in [-0.4, -0.2) is 19.8 Å². The summed E-state index contributed by atoms with van der Waals surface area (Å²) in [6, 6.07) is 8.87. The Morgan fingerprint density at radius 1 is 1.29 bits per heavy atom. The molecular weight excluding hydrogens is 210 g/mol. The number of hydrogen-bond acceptors (Lipinski definition) is 2. The van der Waals surface area contributed by atoms with Gasteiger partial charge in [0.1, 0.15) is 0 Å². The van der Waals surface area contributed by atoms with E-state index in [1.54, 1.807) is 5.56 Å². The van der Waals surface area contributed by atoms with Gasteiger partial charge in [0.05, 0.1) is 13.2 Å². The van der Waals surface area contributed by atoms with Crippen LogP contribution in [0.5, 0.6) is 0 Å². The summed E-state index contributed by atoms with van der Waals surface area (Å²) in [6.45, 7) is 6.17. The zero-order valence-electron chi connectivity index (χ0n) is 10.5. The van der Waals surface area contributed by atoms with E-state index < -0.39 is 0 Å². The van der Waals surface area contributed by atoms with Gasteiger partial charge in [-0.3, -0.25) is 0 Å². The molecule has 0 spiro atoms. The first kappa shape index (κ1) is 11.2. The number of hydrogen-bond donors (Lipinski definition) is 1. The van der Waals surface area contributed by atoms with E-state index >= 15 is 0 Å². The second kappa shape index (κ2) is 4.43. The molecule has 0 bridgehead atoms. The minimum Gasteiger partial charge on any atom is -0.380 e. The Kier molecular flexibility index (Phi) is 2.93. The van der Waals surface area contributed by atoms with Crippen LogP contribution >= 0.6 is 0 Å². The van der Waals surface area contributed by atoms with Gasteiger partial charge in [0.15, 0.2) is 0 Å². The minimum atomic E-state index is 0.370. The quantitative estimate of drug-likeness (QED) is 0.841. The zero-order valence-corrected chi connectivity index (χ0v) is 10.5. The molecule has 17 heavy (non-hydrogen) atoms. The molecule has 92 valence electrons. The average Bonchev–Trinajstić information content (AvgIpc) is 3.11. The van der Waals surface area contributed by atoms with Crippen molar-refractivity contribution in [2.45, 2.75) is 32.2 Å². The van der Waals surface area contributed by atoms with Crippen molar-refractivity contribution in [3.05, 3.63) is 35.4 Å². The third-order valence-electron chi connectivity index (χ3n) is 3.84. The highest BCUT2D eigenvalue weighted by Crippen LogP contribution is 2.41. The van der Waals surface area contributed by atoms with Crippen molar-refractivity contribution in [1.82, 2.24) is 5.32 Å². The Bertz CT molecular complexity index is 394. The molecule has 1 saturated carbocycles. The first-order valence-corrected chi connectivity index (χ1v) is 6.63. The summed E-state index contributed by atoms with van der Waals surface area (Å²) < 4.78 is 5.27. The number of ether oxygens (including phenoxy) is 1. The molecule has 0 aromatic heterocycles. The molecule has 1 aromatic carbocycles. The van der Waals surface area contributed by atoms with Gasteiger partial charge in [-0.15, -0.1) is 0 Å². The lowest BCUT2D eigenvalue weighted by Crippen LogP contribution is -2.47. The van der Waals surface area contributed by atoms with Crippen molar-refractivity contribution in [2.24, 2.45) is 5.41 Å². The van der Waals surface area contributed by atoms with E-state index in [1.807, 2.05) is 0 Å². The Labute approximate surface area is 103 Å². The van der Waals surface area contributed by atoms with Gasteiger partial charge in [-0.1, -0.05) is 31.2 Å². The summed E-state index contributed by atoms with van der Waals surface area (Å²) in [5.41, 5.74) is 3.42. The maximum absolute atomic E-state index is 5.27. The van der Waals surface area contributed by atoms with Crippen molar-refractivity contribution in [2.75, 3.05) is 19.8 Å². The highest BCUT2D eigenvalue weighted by Gasteiger charge is 2.32. The summed E-state index contributed by atoms with van der Waals surface area (Å²) in [5.74, 6) is 0.843. The van der Waals surface area contributed by atoms with Gasteiger partial charge in [-0.2, -0.15) is 0 Å². The van der Waals surface area contributed by atoms with Gasteiger partial charge in [-0.25, -0.2) is 0 Å². The van der Waals surface area contributed by atoms with Crippen LogP contribution < -0.4 is 5.32 Å². The van der Waals surface area contributed by atoms with Crippen molar-refractivity contribution >= 4 is 0 Å². The average molecular weight is 231 g/mol. The Hall–Kier alpha value is -0.860. The van der Waals surface area contributed by atoms with Gasteiger partial charge in [0.25, 0.3) is 0 Å². The molecule has 2 aliphatic rings. The van der Waals surface area contributed by atoms with Crippen LogP contribution in [0.3, 0.4) is 0 Å². The minimum absolute atomic E-state index is 0.370. The maximum Gasteiger partial charge on any atom is 0.0554 e. The Balaban J connectivity index is 1.57. The standard InChI is InChI=1S/C15H21NO/c1-15(10-17-11-15)9-16-8-13-4-2-3-5-14(13)12-6-7-12/h2-5,12,16H,6-11H2,1H3. The van der Waals surface area contributed by atoms with Gasteiger partial charge in [0.2, 0.25) is 0 Å². The van der Waals surface area contributed by atoms with Crippen molar-refractivity contribution in [1.29, 1.82) is 0 Å². The topological polar surface area (TPSA) is 21.3 Å². The van der Waals surface area contributed by atoms with E-state index in [2.05, 4.69) is 36.5 Å². The molecule has 1 heterocycles. The molecule has 0 amide bonds. The highest BCUT2D eigenvalue weighted by atomic mass is 16.5. The smallest absolute Gasteiger partial charge is 0.0554 e. The summed E-state index contributed by atoms with van der Waals surface area (Å²) in [6.07, 6.45) is 2.76. The van der Waals surface area contributed by atoms with Crippen molar-refractivity contribution in [3.63, 3.8) is 0 Å². The largest absolute Gasteiger partial charge is 0.380 e. The van der Waals surface area contributed by atoms with Gasteiger partial charge < -0.3 is 10.1 Å². The SMILES string of the molecule is CC1(CNCc2ccccc2C2CC2)COC1. The summed E-state index contributed by atoms with van der Waals surface area (Å²) in [4.78, 5) is 0. The molecule has 1 saturated heterocycles. The van der Waals surface area contributed by atoms with Crippen molar-refractivity contribution < 1.29 is 4.74 Å². The van der Waals surface area contributed by atoms with Gasteiger partial charge >= 0.3 is 0 Å². The van der Waals surface area contributed by atoms with Gasteiger partial charge in [-0.05, 0) is 29.9 Å². The molecule has 2 fully saturated rings. The molecule has 0 unspecified atom stereocenters. The van der Waals surface area contributed by atoms with Crippen LogP contribution in [-0.2, 0) is 11.3 Å². The molecular formula is C15H21NO. The van der Waals surface area contributed by atoms with E-state index in [0.717, 1.165) is 32.2 Å². The maximum atomic E-state index is 5.27. The molecule has 1 aromatic rings. The van der Waals surface area contributed by atoms with E-state index in [9.17, 15) is 0 Å². The number of benzene rings is 1. The van der Waals surface area contributed by atoms with Crippen LogP contribution in [0.4, 0.5) is 0 Å². The van der Waals surface area contributed by atoms with Gasteiger partial charge in [0, 0.05) is 18.5 Å². The fourth-order valence-electron chi connectivity index (χ4n) is 2.54. The zero-order chi connectivity index (χ0) is 11.7.